The van der Waals surface area contributed by atoms with Crippen molar-refractivity contribution in [1.29, 1.82) is 0 Å². The first kappa shape index (κ1) is 14.9. The van der Waals surface area contributed by atoms with E-state index in [1.807, 2.05) is 29.2 Å². The molecule has 4 heteroatoms. The van der Waals surface area contributed by atoms with Gasteiger partial charge >= 0.3 is 0 Å². The maximum absolute atomic E-state index is 12.1. The summed E-state index contributed by atoms with van der Waals surface area (Å²) in [5, 5.41) is 9.03. The Labute approximate surface area is 120 Å². The van der Waals surface area contributed by atoms with Crippen molar-refractivity contribution in [1.82, 2.24) is 4.90 Å². The molecule has 1 saturated heterocycles. The number of para-hydroxylation sites is 1. The highest BCUT2D eigenvalue weighted by Gasteiger charge is 2.16. The van der Waals surface area contributed by atoms with E-state index in [0.29, 0.717) is 12.2 Å². The van der Waals surface area contributed by atoms with Crippen LogP contribution in [0.15, 0.2) is 24.3 Å². The highest BCUT2D eigenvalue weighted by molar-refractivity contribution is 5.77. The van der Waals surface area contributed by atoms with Crippen LogP contribution in [0.3, 0.4) is 0 Å². The number of nitrogens with zero attached hydrogens (tertiary/aromatic N) is 1. The van der Waals surface area contributed by atoms with Gasteiger partial charge in [0.1, 0.15) is 5.75 Å². The molecule has 110 valence electrons. The van der Waals surface area contributed by atoms with E-state index >= 15 is 0 Å². The fraction of sp³-hybridized carbons (Fsp3) is 0.562. The monoisotopic (exact) mass is 277 g/mol. The zero-order valence-corrected chi connectivity index (χ0v) is 11.9. The van der Waals surface area contributed by atoms with Crippen LogP contribution in [-0.4, -0.2) is 42.2 Å². The Balaban J connectivity index is 1.89. The van der Waals surface area contributed by atoms with Crippen molar-refractivity contribution >= 4 is 5.91 Å². The van der Waals surface area contributed by atoms with Gasteiger partial charge in [-0.15, -0.1) is 0 Å². The predicted molar refractivity (Wildman–Crippen MR) is 77.8 cm³/mol. The predicted octanol–water partition coefficient (Wildman–Crippen LogP) is 2.00. The molecule has 1 aromatic carbocycles. The number of hydrogen-bond acceptors (Lipinski definition) is 3. The SMILES string of the molecule is O=C(COc1ccccc1CCO)N1CCCCCC1. The number of rotatable bonds is 5. The minimum atomic E-state index is 0.0608. The number of ether oxygens (including phenoxy) is 1. The van der Waals surface area contributed by atoms with Crippen molar-refractivity contribution in [2.45, 2.75) is 32.1 Å². The highest BCUT2D eigenvalue weighted by atomic mass is 16.5. The molecule has 1 aliphatic rings. The Kier molecular flexibility index (Phi) is 5.87. The van der Waals surface area contributed by atoms with Crippen LogP contribution >= 0.6 is 0 Å². The summed E-state index contributed by atoms with van der Waals surface area (Å²) in [6.45, 7) is 1.86. The zero-order chi connectivity index (χ0) is 14.2. The zero-order valence-electron chi connectivity index (χ0n) is 11.9. The van der Waals surface area contributed by atoms with E-state index in [2.05, 4.69) is 0 Å². The summed E-state index contributed by atoms with van der Waals surface area (Å²) in [6.07, 6.45) is 5.15. The smallest absolute Gasteiger partial charge is 0.260 e. The molecule has 1 fully saturated rings. The lowest BCUT2D eigenvalue weighted by Crippen LogP contribution is -2.35. The average molecular weight is 277 g/mol. The molecule has 0 aliphatic carbocycles. The first-order chi connectivity index (χ1) is 9.81. The summed E-state index contributed by atoms with van der Waals surface area (Å²) in [6, 6.07) is 7.56. The molecule has 0 spiro atoms. The maximum Gasteiger partial charge on any atom is 0.260 e. The van der Waals surface area contributed by atoms with Gasteiger partial charge in [-0.1, -0.05) is 31.0 Å². The Morgan fingerprint density at radius 3 is 2.55 bits per heavy atom. The minimum Gasteiger partial charge on any atom is -0.483 e. The van der Waals surface area contributed by atoms with Crippen molar-refractivity contribution in [2.24, 2.45) is 0 Å². The van der Waals surface area contributed by atoms with Crippen LogP contribution < -0.4 is 4.74 Å². The van der Waals surface area contributed by atoms with Gasteiger partial charge < -0.3 is 14.7 Å². The molecule has 0 atom stereocenters. The normalized spacial score (nSPS) is 15.8. The molecule has 0 unspecified atom stereocenters. The van der Waals surface area contributed by atoms with Crippen LogP contribution in [0.2, 0.25) is 0 Å². The van der Waals surface area contributed by atoms with Crippen LogP contribution in [-0.2, 0) is 11.2 Å². The first-order valence-electron chi connectivity index (χ1n) is 7.40. The van der Waals surface area contributed by atoms with E-state index < -0.39 is 0 Å². The summed E-state index contributed by atoms with van der Waals surface area (Å²) < 4.78 is 5.64. The molecule has 1 N–H and O–H groups in total. The molecule has 1 aromatic rings. The molecule has 1 aliphatic heterocycles. The molecule has 0 radical (unpaired) electrons. The van der Waals surface area contributed by atoms with Gasteiger partial charge in [0.15, 0.2) is 6.61 Å². The number of aliphatic hydroxyl groups is 1. The lowest BCUT2D eigenvalue weighted by Gasteiger charge is -2.20. The summed E-state index contributed by atoms with van der Waals surface area (Å²) in [5.41, 5.74) is 0.943. The molecule has 20 heavy (non-hydrogen) atoms. The van der Waals surface area contributed by atoms with Crippen molar-refractivity contribution in [3.63, 3.8) is 0 Å². The number of carbonyl (C=O) groups is 1. The van der Waals surface area contributed by atoms with E-state index in [1.165, 1.54) is 12.8 Å². The average Bonchev–Trinajstić information content (AvgIpc) is 2.75. The van der Waals surface area contributed by atoms with Crippen LogP contribution in [0.5, 0.6) is 5.75 Å². The maximum atomic E-state index is 12.1. The first-order valence-corrected chi connectivity index (χ1v) is 7.40. The van der Waals surface area contributed by atoms with Crippen LogP contribution in [0.4, 0.5) is 0 Å². The molecule has 4 nitrogen and oxygen atoms in total. The molecular formula is C16H23NO3. The van der Waals surface area contributed by atoms with Crippen molar-refractivity contribution in [3.05, 3.63) is 29.8 Å². The van der Waals surface area contributed by atoms with Crippen molar-refractivity contribution < 1.29 is 14.6 Å². The number of likely N-dealkylation sites (tertiary alicyclic amines) is 1. The molecule has 0 aromatic heterocycles. The minimum absolute atomic E-state index is 0.0608. The van der Waals surface area contributed by atoms with Gasteiger partial charge in [-0.2, -0.15) is 0 Å². The van der Waals surface area contributed by atoms with Gasteiger partial charge in [0.05, 0.1) is 0 Å². The van der Waals surface area contributed by atoms with Gasteiger partial charge in [-0.3, -0.25) is 4.79 Å². The van der Waals surface area contributed by atoms with Crippen molar-refractivity contribution in [3.8, 4) is 5.75 Å². The van der Waals surface area contributed by atoms with Gasteiger partial charge in [-0.05, 0) is 30.9 Å². The summed E-state index contributed by atoms with van der Waals surface area (Å²) in [5.74, 6) is 0.760. The molecule has 0 bridgehead atoms. The Hall–Kier alpha value is -1.55. The largest absolute Gasteiger partial charge is 0.483 e. The Morgan fingerprint density at radius 2 is 1.85 bits per heavy atom. The van der Waals surface area contributed by atoms with Gasteiger partial charge in [-0.25, -0.2) is 0 Å². The van der Waals surface area contributed by atoms with Crippen LogP contribution in [0, 0.1) is 0 Å². The highest BCUT2D eigenvalue weighted by Crippen LogP contribution is 2.18. The molecular weight excluding hydrogens is 254 g/mol. The quantitative estimate of drug-likeness (QED) is 0.895. The summed E-state index contributed by atoms with van der Waals surface area (Å²) in [7, 11) is 0. The third-order valence-corrected chi connectivity index (χ3v) is 3.66. The molecule has 1 heterocycles. The molecule has 0 saturated carbocycles. The second kappa shape index (κ2) is 7.90. The summed E-state index contributed by atoms with van der Waals surface area (Å²) in [4.78, 5) is 14.0. The second-order valence-electron chi connectivity index (χ2n) is 5.17. The topological polar surface area (TPSA) is 49.8 Å². The lowest BCUT2D eigenvalue weighted by atomic mass is 10.1. The third-order valence-electron chi connectivity index (χ3n) is 3.66. The summed E-state index contributed by atoms with van der Waals surface area (Å²) >= 11 is 0. The van der Waals surface area contributed by atoms with Gasteiger partial charge in [0, 0.05) is 19.7 Å². The Bertz CT molecular complexity index is 425. The fourth-order valence-corrected chi connectivity index (χ4v) is 2.52. The standard InChI is InChI=1S/C16H23NO3/c18-12-9-14-7-3-4-8-15(14)20-13-16(19)17-10-5-1-2-6-11-17/h3-4,7-8,18H,1-2,5-6,9-13H2. The number of hydrogen-bond donors (Lipinski definition) is 1. The van der Waals surface area contributed by atoms with E-state index in [-0.39, 0.29) is 19.1 Å². The van der Waals surface area contributed by atoms with E-state index in [9.17, 15) is 4.79 Å². The Morgan fingerprint density at radius 1 is 1.15 bits per heavy atom. The van der Waals surface area contributed by atoms with E-state index in [1.54, 1.807) is 0 Å². The second-order valence-corrected chi connectivity index (χ2v) is 5.17. The lowest BCUT2D eigenvalue weighted by molar-refractivity contribution is -0.133. The van der Waals surface area contributed by atoms with Crippen molar-refractivity contribution in [2.75, 3.05) is 26.3 Å². The van der Waals surface area contributed by atoms with E-state index in [0.717, 1.165) is 31.5 Å². The van der Waals surface area contributed by atoms with Crippen LogP contribution in [0.25, 0.3) is 0 Å². The molecule has 1 amide bonds. The molecule has 2 rings (SSSR count). The number of amides is 1. The van der Waals surface area contributed by atoms with Gasteiger partial charge in [0.25, 0.3) is 5.91 Å². The van der Waals surface area contributed by atoms with Crippen LogP contribution in [0.1, 0.15) is 31.2 Å². The fourth-order valence-electron chi connectivity index (χ4n) is 2.52. The number of carbonyl (C=O) groups excluding carboxylic acids is 1. The van der Waals surface area contributed by atoms with Gasteiger partial charge in [0.2, 0.25) is 0 Å². The number of aliphatic hydroxyl groups excluding tert-OH is 1. The number of benzene rings is 1. The van der Waals surface area contributed by atoms with E-state index in [4.69, 9.17) is 9.84 Å². The third kappa shape index (κ3) is 4.23.